The minimum absolute atomic E-state index is 0.0503. The normalized spacial score (nSPS) is 18.9. The molecule has 3 amide bonds. The molecule has 0 fully saturated rings. The first-order chi connectivity index (χ1) is 20.0. The number of nitrogens with one attached hydrogen (secondary N) is 3. The van der Waals surface area contributed by atoms with E-state index in [1.165, 1.54) is 11.5 Å². The molecule has 0 saturated carbocycles. The molecule has 224 valence electrons. The Morgan fingerprint density at radius 3 is 2.50 bits per heavy atom. The number of thioether (sulfide) groups is 1. The zero-order chi connectivity index (χ0) is 31.1. The quantitative estimate of drug-likeness (QED) is 0.0547. The number of terminal acetylenes is 1. The second kappa shape index (κ2) is 17.1. The van der Waals surface area contributed by atoms with Crippen molar-refractivity contribution in [1.82, 2.24) is 16.0 Å². The van der Waals surface area contributed by atoms with Crippen molar-refractivity contribution in [3.63, 3.8) is 0 Å². The van der Waals surface area contributed by atoms with Gasteiger partial charge >= 0.3 is 11.9 Å². The van der Waals surface area contributed by atoms with Crippen LogP contribution in [0.5, 0.6) is 0 Å². The second-order valence-electron chi connectivity index (χ2n) is 8.67. The minimum Gasteiger partial charge on any atom is -0.481 e. The lowest BCUT2D eigenvalue weighted by Gasteiger charge is -2.24. The van der Waals surface area contributed by atoms with Gasteiger partial charge in [0, 0.05) is 40.1 Å². The van der Waals surface area contributed by atoms with Crippen molar-refractivity contribution in [2.75, 3.05) is 12.3 Å². The van der Waals surface area contributed by atoms with Crippen LogP contribution in [0.3, 0.4) is 0 Å². The fourth-order valence-electron chi connectivity index (χ4n) is 3.60. The van der Waals surface area contributed by atoms with E-state index in [0.29, 0.717) is 19.4 Å². The number of hydrogen-bond acceptors (Lipinski definition) is 10. The Morgan fingerprint density at radius 2 is 1.83 bits per heavy atom. The molecule has 7 N–H and O–H groups in total. The molecule has 1 heterocycles. The first-order valence-corrected chi connectivity index (χ1v) is 13.4. The van der Waals surface area contributed by atoms with Crippen LogP contribution in [0.1, 0.15) is 42.5 Å². The monoisotopic (exact) mass is 606 g/mol. The van der Waals surface area contributed by atoms with Gasteiger partial charge < -0.3 is 26.2 Å². The van der Waals surface area contributed by atoms with Gasteiger partial charge in [0.05, 0.1) is 10.5 Å². The summed E-state index contributed by atoms with van der Waals surface area (Å²) < 4.78 is 0. The third-order valence-corrected chi connectivity index (χ3v) is 6.85. The van der Waals surface area contributed by atoms with Crippen molar-refractivity contribution in [3.8, 4) is 24.4 Å². The standard InChI is InChI=1S/C25H27N5O11S/c1-2-3-12-40-41-26-11-5-4-6-17-23(34)29-19(25(36)37)14-42-20-9-7-15(30(38)39)13-16(20)22(33)27-18(24(35)28-17)8-10-21(31)32/h1,7,9,13,17-19,26H,4-6,8,10-11,14H2,(H,27,33)(H,28,35)(H,29,34)(H,31,32)(H,36,37)/p+1/t17?,18?,19-/m0/s1. The molecule has 2 rings (SSSR count). The zero-order valence-corrected chi connectivity index (χ0v) is 22.8. The molecule has 0 radical (unpaired) electrons. The van der Waals surface area contributed by atoms with Crippen LogP contribution in [0, 0.1) is 34.5 Å². The minimum atomic E-state index is -1.44. The number of nitrogens with zero attached hydrogens (tertiary/aromatic N) is 1. The highest BCUT2D eigenvalue weighted by atomic mass is 32.2. The third kappa shape index (κ3) is 11.0. The topological polar surface area (TPSA) is 240 Å². The molecule has 1 aromatic rings. The number of fused-ring (bicyclic) bond motifs is 1. The number of hydroxylamine groups is 1. The van der Waals surface area contributed by atoms with E-state index in [0.717, 1.165) is 23.9 Å². The number of carbonyl (C=O) groups excluding carboxylic acids is 3. The molecule has 1 aromatic carbocycles. The Balaban J connectivity index is 2.30. The Hall–Kier alpha value is -4.84. The van der Waals surface area contributed by atoms with E-state index >= 15 is 0 Å². The molecule has 0 saturated heterocycles. The number of unbranched alkanes of at least 4 members (excludes halogenated alkanes) is 1. The largest absolute Gasteiger partial charge is 0.481 e. The van der Waals surface area contributed by atoms with E-state index in [9.17, 15) is 39.2 Å². The zero-order valence-electron chi connectivity index (χ0n) is 22.0. The SMILES string of the molecule is C#CC#COO[NH2+]CCCCC1NC(=O)C(CCC(=O)O)NC(=O)c2cc([N+](=O)[O-])ccc2SC[C@@H](C(=O)O)NC1=O. The molecule has 2 unspecified atom stereocenters. The number of nitro benzene ring substituents is 1. The molecule has 17 heteroatoms. The first kappa shape index (κ1) is 33.4. The molecule has 0 aliphatic carbocycles. The maximum Gasteiger partial charge on any atom is 0.327 e. The van der Waals surface area contributed by atoms with Crippen molar-refractivity contribution < 1.29 is 54.5 Å². The molecule has 0 bridgehead atoms. The number of quaternary nitrogens is 1. The predicted molar refractivity (Wildman–Crippen MR) is 143 cm³/mol. The molecule has 42 heavy (non-hydrogen) atoms. The lowest BCUT2D eigenvalue weighted by atomic mass is 10.1. The van der Waals surface area contributed by atoms with Gasteiger partial charge in [0.15, 0.2) is 6.11 Å². The Bertz CT molecular complexity index is 1300. The van der Waals surface area contributed by atoms with Crippen LogP contribution < -0.4 is 21.4 Å². The summed E-state index contributed by atoms with van der Waals surface area (Å²) in [7, 11) is 0. The van der Waals surface area contributed by atoms with Gasteiger partial charge in [0.25, 0.3) is 11.6 Å². The Kier molecular flexibility index (Phi) is 13.6. The van der Waals surface area contributed by atoms with Gasteiger partial charge in [-0.2, -0.15) is 5.48 Å². The van der Waals surface area contributed by atoms with Gasteiger partial charge in [-0.1, -0.05) is 0 Å². The average molecular weight is 607 g/mol. The van der Waals surface area contributed by atoms with Crippen molar-refractivity contribution in [3.05, 3.63) is 33.9 Å². The number of carbonyl (C=O) groups is 5. The van der Waals surface area contributed by atoms with Crippen LogP contribution in [0.4, 0.5) is 5.69 Å². The summed E-state index contributed by atoms with van der Waals surface area (Å²) in [4.78, 5) is 82.5. The van der Waals surface area contributed by atoms with Gasteiger partial charge in [-0.3, -0.25) is 29.3 Å². The van der Waals surface area contributed by atoms with E-state index < -0.39 is 64.8 Å². The van der Waals surface area contributed by atoms with Crippen molar-refractivity contribution in [2.24, 2.45) is 0 Å². The van der Waals surface area contributed by atoms with Crippen LogP contribution in [-0.4, -0.2) is 75.2 Å². The summed E-state index contributed by atoms with van der Waals surface area (Å²) in [6, 6.07) is -0.777. The number of rotatable bonds is 12. The summed E-state index contributed by atoms with van der Waals surface area (Å²) in [5.74, 6) is -1.31. The molecular weight excluding hydrogens is 578 g/mol. The maximum absolute atomic E-state index is 13.2. The van der Waals surface area contributed by atoms with Gasteiger partial charge in [-0.05, 0) is 37.7 Å². The molecule has 1 aliphatic rings. The number of nitro groups is 1. The van der Waals surface area contributed by atoms with Gasteiger partial charge in [-0.25, -0.2) is 9.68 Å². The van der Waals surface area contributed by atoms with E-state index in [1.807, 2.05) is 5.92 Å². The maximum atomic E-state index is 13.2. The van der Waals surface area contributed by atoms with E-state index in [4.69, 9.17) is 16.5 Å². The smallest absolute Gasteiger partial charge is 0.327 e. The molecule has 0 spiro atoms. The lowest BCUT2D eigenvalue weighted by Crippen LogP contribution is -2.82. The van der Waals surface area contributed by atoms with Crippen molar-refractivity contribution in [1.29, 1.82) is 0 Å². The fourth-order valence-corrected chi connectivity index (χ4v) is 4.64. The number of aliphatic carboxylic acids is 2. The molecule has 3 atom stereocenters. The van der Waals surface area contributed by atoms with E-state index in [2.05, 4.69) is 32.9 Å². The van der Waals surface area contributed by atoms with E-state index in [-0.39, 0.29) is 29.1 Å². The summed E-state index contributed by atoms with van der Waals surface area (Å²) in [6.07, 6.45) is 7.01. The van der Waals surface area contributed by atoms with Crippen LogP contribution in [0.15, 0.2) is 23.1 Å². The van der Waals surface area contributed by atoms with Crippen LogP contribution in [0.2, 0.25) is 0 Å². The Labute approximate surface area is 243 Å². The van der Waals surface area contributed by atoms with Crippen molar-refractivity contribution >= 4 is 47.1 Å². The summed E-state index contributed by atoms with van der Waals surface area (Å²) in [5.41, 5.74) is 0.644. The number of carboxylic acids is 2. The van der Waals surface area contributed by atoms with Crippen LogP contribution >= 0.6 is 11.8 Å². The van der Waals surface area contributed by atoms with Crippen molar-refractivity contribution in [2.45, 2.75) is 55.1 Å². The highest BCUT2D eigenvalue weighted by molar-refractivity contribution is 7.99. The summed E-state index contributed by atoms with van der Waals surface area (Å²) in [6.45, 7) is 0.357. The number of benzene rings is 1. The number of amides is 3. The summed E-state index contributed by atoms with van der Waals surface area (Å²) >= 11 is 0.858. The van der Waals surface area contributed by atoms with Crippen LogP contribution in [0.25, 0.3) is 0 Å². The number of hydrogen-bond donors (Lipinski definition) is 6. The first-order valence-electron chi connectivity index (χ1n) is 12.4. The predicted octanol–water partition coefficient (Wildman–Crippen LogP) is -1.09. The molecule has 1 aliphatic heterocycles. The summed E-state index contributed by atoms with van der Waals surface area (Å²) in [5, 5.41) is 37.4. The van der Waals surface area contributed by atoms with Gasteiger partial charge in [0.1, 0.15) is 24.7 Å². The fraction of sp³-hybridized carbons (Fsp3) is 0.400. The Morgan fingerprint density at radius 1 is 1.12 bits per heavy atom. The number of carboxylic acid groups (broad SMARTS) is 2. The van der Waals surface area contributed by atoms with Gasteiger partial charge in [0.2, 0.25) is 11.8 Å². The number of non-ortho nitro benzene ring substituents is 1. The van der Waals surface area contributed by atoms with E-state index in [1.54, 1.807) is 0 Å². The molecular formula is C25H28N5O11S+. The highest BCUT2D eigenvalue weighted by Gasteiger charge is 2.32. The van der Waals surface area contributed by atoms with Gasteiger partial charge in [-0.15, -0.1) is 18.2 Å². The molecule has 0 aromatic heterocycles. The average Bonchev–Trinajstić information content (AvgIpc) is 2.95. The second-order valence-corrected chi connectivity index (χ2v) is 9.73. The number of nitrogens with two attached hydrogens (primary N) is 1. The lowest BCUT2D eigenvalue weighted by molar-refractivity contribution is -0.960. The third-order valence-electron chi connectivity index (χ3n) is 5.69. The highest BCUT2D eigenvalue weighted by Crippen LogP contribution is 2.28. The molecule has 16 nitrogen and oxygen atoms in total. The van der Waals surface area contributed by atoms with Crippen LogP contribution in [-0.2, 0) is 29.1 Å².